The Morgan fingerprint density at radius 2 is 2.07 bits per heavy atom. The second kappa shape index (κ2) is 5.19. The summed E-state index contributed by atoms with van der Waals surface area (Å²) < 4.78 is 41.8. The topological polar surface area (TPSA) is 46.5 Å². The number of esters is 1. The summed E-state index contributed by atoms with van der Waals surface area (Å²) >= 11 is 0. The van der Waals surface area contributed by atoms with Gasteiger partial charge >= 0.3 is 5.97 Å². The number of carbonyl (C=O) groups excluding carboxylic acids is 1. The van der Waals surface area contributed by atoms with Crippen LogP contribution >= 0.6 is 0 Å². The van der Waals surface area contributed by atoms with Gasteiger partial charge in [0.25, 0.3) is 0 Å². The molecule has 14 heavy (non-hydrogen) atoms. The number of halogens is 3. The highest BCUT2D eigenvalue weighted by molar-refractivity contribution is 5.76. The summed E-state index contributed by atoms with van der Waals surface area (Å²) in [5.41, 5.74) is -2.69. The van der Waals surface area contributed by atoms with Crippen LogP contribution in [0.4, 0.5) is 13.2 Å². The standard InChI is InChI=1S/C8H13F3O3/c1-3-14-7(12)6(11)8(2,13)5(10)4-9/h5-6,13H,3-4H2,1-2H3. The van der Waals surface area contributed by atoms with Crippen molar-refractivity contribution in [2.75, 3.05) is 13.3 Å². The third-order valence-corrected chi connectivity index (χ3v) is 1.78. The summed E-state index contributed by atoms with van der Waals surface area (Å²) in [5.74, 6) is -1.39. The molecule has 1 N–H and O–H groups in total. The predicted molar refractivity (Wildman–Crippen MR) is 43.0 cm³/mol. The van der Waals surface area contributed by atoms with Gasteiger partial charge in [0, 0.05) is 0 Å². The van der Waals surface area contributed by atoms with Gasteiger partial charge in [-0.15, -0.1) is 0 Å². The van der Waals surface area contributed by atoms with Gasteiger partial charge in [-0.25, -0.2) is 18.0 Å². The van der Waals surface area contributed by atoms with E-state index in [0.29, 0.717) is 6.92 Å². The van der Waals surface area contributed by atoms with Crippen molar-refractivity contribution in [1.82, 2.24) is 0 Å². The van der Waals surface area contributed by atoms with Crippen molar-refractivity contribution in [3.63, 3.8) is 0 Å². The number of hydrogen-bond donors (Lipinski definition) is 1. The Bertz CT molecular complexity index is 196. The van der Waals surface area contributed by atoms with Gasteiger partial charge in [0.15, 0.2) is 6.17 Å². The van der Waals surface area contributed by atoms with Crippen LogP contribution in [0.5, 0.6) is 0 Å². The van der Waals surface area contributed by atoms with Crippen LogP contribution in [-0.4, -0.2) is 42.3 Å². The molecule has 0 aromatic heterocycles. The molecular weight excluding hydrogens is 201 g/mol. The molecule has 0 aliphatic heterocycles. The minimum Gasteiger partial charge on any atom is -0.464 e. The molecule has 84 valence electrons. The maximum absolute atomic E-state index is 13.1. The molecule has 0 heterocycles. The Balaban J connectivity index is 4.48. The fraction of sp³-hybridized carbons (Fsp3) is 0.875. The van der Waals surface area contributed by atoms with Crippen LogP contribution in [0.3, 0.4) is 0 Å². The van der Waals surface area contributed by atoms with Gasteiger partial charge < -0.3 is 9.84 Å². The number of carbonyl (C=O) groups is 1. The van der Waals surface area contributed by atoms with Crippen molar-refractivity contribution in [1.29, 1.82) is 0 Å². The summed E-state index contributed by atoms with van der Waals surface area (Å²) in [7, 11) is 0. The van der Waals surface area contributed by atoms with Gasteiger partial charge in [0.05, 0.1) is 6.61 Å². The summed E-state index contributed by atoms with van der Waals surface area (Å²) in [6.07, 6.45) is -5.05. The molecule has 0 saturated heterocycles. The van der Waals surface area contributed by atoms with E-state index >= 15 is 0 Å². The van der Waals surface area contributed by atoms with Gasteiger partial charge in [-0.2, -0.15) is 0 Å². The molecule has 0 aromatic carbocycles. The number of rotatable bonds is 5. The highest BCUT2D eigenvalue weighted by Gasteiger charge is 2.46. The average molecular weight is 214 g/mol. The molecule has 0 amide bonds. The van der Waals surface area contributed by atoms with Crippen molar-refractivity contribution in [3.8, 4) is 0 Å². The quantitative estimate of drug-likeness (QED) is 0.693. The Labute approximate surface area is 79.9 Å². The average Bonchev–Trinajstić information content (AvgIpc) is 2.15. The number of ether oxygens (including phenoxy) is 1. The number of alkyl halides is 3. The van der Waals surface area contributed by atoms with E-state index in [2.05, 4.69) is 4.74 Å². The highest BCUT2D eigenvalue weighted by atomic mass is 19.2. The molecule has 0 radical (unpaired) electrons. The molecule has 6 heteroatoms. The van der Waals surface area contributed by atoms with Crippen molar-refractivity contribution in [2.45, 2.75) is 31.8 Å². The monoisotopic (exact) mass is 214 g/mol. The van der Waals surface area contributed by atoms with Crippen LogP contribution in [-0.2, 0) is 9.53 Å². The Morgan fingerprint density at radius 3 is 2.43 bits per heavy atom. The highest BCUT2D eigenvalue weighted by Crippen LogP contribution is 2.22. The first kappa shape index (κ1) is 13.2. The van der Waals surface area contributed by atoms with Crippen molar-refractivity contribution >= 4 is 5.97 Å². The van der Waals surface area contributed by atoms with Gasteiger partial charge in [0.2, 0.25) is 6.17 Å². The van der Waals surface area contributed by atoms with Crippen LogP contribution in [0.25, 0.3) is 0 Å². The van der Waals surface area contributed by atoms with E-state index in [-0.39, 0.29) is 6.61 Å². The zero-order chi connectivity index (χ0) is 11.4. The molecule has 0 aromatic rings. The molecule has 0 saturated carbocycles. The smallest absolute Gasteiger partial charge is 0.343 e. The van der Waals surface area contributed by atoms with Gasteiger partial charge in [-0.05, 0) is 13.8 Å². The second-order valence-corrected chi connectivity index (χ2v) is 2.96. The van der Waals surface area contributed by atoms with Crippen LogP contribution in [0, 0.1) is 0 Å². The Hall–Kier alpha value is -0.780. The van der Waals surface area contributed by atoms with Crippen LogP contribution < -0.4 is 0 Å². The number of aliphatic hydroxyl groups is 1. The van der Waals surface area contributed by atoms with E-state index in [1.807, 2.05) is 0 Å². The zero-order valence-electron chi connectivity index (χ0n) is 7.97. The van der Waals surface area contributed by atoms with E-state index in [0.717, 1.165) is 0 Å². The first-order chi connectivity index (χ1) is 6.37. The summed E-state index contributed by atoms with van der Waals surface area (Å²) in [6, 6.07) is 0. The van der Waals surface area contributed by atoms with Crippen molar-refractivity contribution in [3.05, 3.63) is 0 Å². The lowest BCUT2D eigenvalue weighted by Gasteiger charge is -2.27. The van der Waals surface area contributed by atoms with E-state index in [1.165, 1.54) is 6.92 Å². The summed E-state index contributed by atoms with van der Waals surface area (Å²) in [5, 5.41) is 9.16. The third-order valence-electron chi connectivity index (χ3n) is 1.78. The van der Waals surface area contributed by atoms with E-state index < -0.39 is 30.6 Å². The number of hydrogen-bond acceptors (Lipinski definition) is 3. The maximum atomic E-state index is 13.1. The SMILES string of the molecule is CCOC(=O)C(F)C(C)(O)C(F)CF. The Morgan fingerprint density at radius 1 is 1.57 bits per heavy atom. The van der Waals surface area contributed by atoms with Gasteiger partial charge in [0.1, 0.15) is 12.3 Å². The van der Waals surface area contributed by atoms with E-state index in [9.17, 15) is 18.0 Å². The van der Waals surface area contributed by atoms with Gasteiger partial charge in [-0.1, -0.05) is 0 Å². The molecule has 3 atom stereocenters. The molecule has 3 unspecified atom stereocenters. The maximum Gasteiger partial charge on any atom is 0.343 e. The summed E-state index contributed by atoms with van der Waals surface area (Å²) in [4.78, 5) is 10.8. The molecule has 3 nitrogen and oxygen atoms in total. The molecule has 0 aliphatic carbocycles. The molecule has 0 rings (SSSR count). The van der Waals surface area contributed by atoms with Crippen molar-refractivity contribution < 1.29 is 27.8 Å². The molecule has 0 aliphatic rings. The third kappa shape index (κ3) is 2.87. The molecule has 0 fully saturated rings. The summed E-state index contributed by atoms with van der Waals surface area (Å²) in [6.45, 7) is 0.481. The normalized spacial score (nSPS) is 19.6. The largest absolute Gasteiger partial charge is 0.464 e. The van der Waals surface area contributed by atoms with E-state index in [1.54, 1.807) is 0 Å². The minimum absolute atomic E-state index is 0.0953. The zero-order valence-corrected chi connectivity index (χ0v) is 7.97. The fourth-order valence-corrected chi connectivity index (χ4v) is 0.769. The molecular formula is C8H13F3O3. The van der Waals surface area contributed by atoms with Crippen LogP contribution in [0.1, 0.15) is 13.8 Å². The lowest BCUT2D eigenvalue weighted by atomic mass is 9.95. The lowest BCUT2D eigenvalue weighted by molar-refractivity contribution is -0.165. The van der Waals surface area contributed by atoms with Crippen LogP contribution in [0.15, 0.2) is 0 Å². The molecule has 0 spiro atoms. The Kier molecular flexibility index (Phi) is 4.90. The minimum atomic E-state index is -2.69. The first-order valence-electron chi connectivity index (χ1n) is 4.11. The first-order valence-corrected chi connectivity index (χ1v) is 4.11. The second-order valence-electron chi connectivity index (χ2n) is 2.96. The molecule has 0 bridgehead atoms. The van der Waals surface area contributed by atoms with E-state index in [4.69, 9.17) is 5.11 Å². The van der Waals surface area contributed by atoms with Gasteiger partial charge in [-0.3, -0.25) is 0 Å². The van der Waals surface area contributed by atoms with Crippen LogP contribution in [0.2, 0.25) is 0 Å². The fourth-order valence-electron chi connectivity index (χ4n) is 0.769. The lowest BCUT2D eigenvalue weighted by Crippen LogP contribution is -2.50. The predicted octanol–water partition coefficient (Wildman–Crippen LogP) is 0.946. The van der Waals surface area contributed by atoms with Crippen molar-refractivity contribution in [2.24, 2.45) is 0 Å².